The van der Waals surface area contributed by atoms with Crippen molar-refractivity contribution in [3.05, 3.63) is 71.9 Å². The molecule has 32 heavy (non-hydrogen) atoms. The molecule has 2 aromatic heterocycles. The summed E-state index contributed by atoms with van der Waals surface area (Å²) >= 11 is 1.64. The first-order chi connectivity index (χ1) is 15.5. The number of sulfonamides is 1. The molecule has 8 heteroatoms. The summed E-state index contributed by atoms with van der Waals surface area (Å²) in [6, 6.07) is 18.8. The molecule has 164 valence electrons. The fourth-order valence-electron chi connectivity index (χ4n) is 4.18. The number of rotatable bonds is 5. The lowest BCUT2D eigenvalue weighted by Crippen LogP contribution is -2.45. The van der Waals surface area contributed by atoms with Crippen molar-refractivity contribution in [1.29, 1.82) is 0 Å². The van der Waals surface area contributed by atoms with E-state index < -0.39 is 10.0 Å². The van der Waals surface area contributed by atoms with Gasteiger partial charge in [-0.05, 0) is 37.5 Å². The third kappa shape index (κ3) is 4.13. The van der Waals surface area contributed by atoms with E-state index >= 15 is 0 Å². The molecule has 2 aromatic carbocycles. The maximum Gasteiger partial charge on any atom is 0.240 e. The molecule has 0 atom stereocenters. The third-order valence-electron chi connectivity index (χ3n) is 5.78. The Morgan fingerprint density at radius 1 is 0.969 bits per heavy atom. The quantitative estimate of drug-likeness (QED) is 0.467. The van der Waals surface area contributed by atoms with Gasteiger partial charge in [0, 0.05) is 30.1 Å². The van der Waals surface area contributed by atoms with Crippen molar-refractivity contribution in [2.45, 2.75) is 30.7 Å². The zero-order valence-electron chi connectivity index (χ0n) is 17.7. The van der Waals surface area contributed by atoms with Gasteiger partial charge in [0.2, 0.25) is 10.0 Å². The van der Waals surface area contributed by atoms with Gasteiger partial charge in [-0.25, -0.2) is 23.1 Å². The number of nitrogens with zero attached hydrogens (tertiary/aromatic N) is 3. The van der Waals surface area contributed by atoms with Crippen molar-refractivity contribution in [3.8, 4) is 11.1 Å². The van der Waals surface area contributed by atoms with E-state index in [1.807, 2.05) is 31.2 Å². The van der Waals surface area contributed by atoms with Crippen molar-refractivity contribution in [2.75, 3.05) is 18.0 Å². The molecule has 0 spiro atoms. The van der Waals surface area contributed by atoms with Gasteiger partial charge in [-0.15, -0.1) is 11.3 Å². The van der Waals surface area contributed by atoms with Crippen molar-refractivity contribution in [1.82, 2.24) is 14.7 Å². The molecule has 0 radical (unpaired) electrons. The number of anilines is 1. The Morgan fingerprint density at radius 2 is 1.62 bits per heavy atom. The van der Waals surface area contributed by atoms with Crippen LogP contribution in [0.25, 0.3) is 21.3 Å². The van der Waals surface area contributed by atoms with Crippen molar-refractivity contribution in [2.24, 2.45) is 0 Å². The summed E-state index contributed by atoms with van der Waals surface area (Å²) in [5, 5.41) is 3.23. The summed E-state index contributed by atoms with van der Waals surface area (Å²) in [4.78, 5) is 13.0. The molecule has 0 bridgehead atoms. The maximum atomic E-state index is 12.7. The monoisotopic (exact) mass is 464 g/mol. The second-order valence-corrected chi connectivity index (χ2v) is 10.6. The summed E-state index contributed by atoms with van der Waals surface area (Å²) in [6.45, 7) is 3.39. The minimum absolute atomic E-state index is 0.0917. The van der Waals surface area contributed by atoms with Crippen LogP contribution in [0.5, 0.6) is 0 Å². The topological polar surface area (TPSA) is 75.2 Å². The van der Waals surface area contributed by atoms with Crippen LogP contribution >= 0.6 is 11.3 Å². The molecule has 6 nitrogen and oxygen atoms in total. The van der Waals surface area contributed by atoms with Gasteiger partial charge >= 0.3 is 0 Å². The van der Waals surface area contributed by atoms with Gasteiger partial charge < -0.3 is 4.90 Å². The second kappa shape index (κ2) is 8.61. The van der Waals surface area contributed by atoms with E-state index in [1.165, 1.54) is 0 Å². The first-order valence-electron chi connectivity index (χ1n) is 10.6. The van der Waals surface area contributed by atoms with Gasteiger partial charge in [-0.2, -0.15) is 0 Å². The van der Waals surface area contributed by atoms with E-state index in [0.717, 1.165) is 58.9 Å². The van der Waals surface area contributed by atoms with Crippen molar-refractivity contribution < 1.29 is 8.42 Å². The number of nitrogens with one attached hydrogen (secondary N) is 1. The number of thiophene rings is 1. The number of fused-ring (bicyclic) bond motifs is 1. The number of aromatic nitrogens is 2. The zero-order chi connectivity index (χ0) is 22.1. The van der Waals surface area contributed by atoms with Crippen LogP contribution in [0.4, 0.5) is 5.82 Å². The minimum atomic E-state index is -3.51. The van der Waals surface area contributed by atoms with Crippen LogP contribution in [0.2, 0.25) is 0 Å². The lowest BCUT2D eigenvalue weighted by atomic mass is 10.0. The summed E-state index contributed by atoms with van der Waals surface area (Å²) in [5.74, 6) is 1.69. The Labute approximate surface area is 192 Å². The summed E-state index contributed by atoms with van der Waals surface area (Å²) in [6.07, 6.45) is 1.45. The highest BCUT2D eigenvalue weighted by atomic mass is 32.2. The standard InChI is InChI=1S/C24H24N4O2S2/c1-17-25-23(22-21(16-31-24(22)26-17)18-8-4-2-5-9-18)28-14-12-19(13-15-28)27-32(29,30)20-10-6-3-7-11-20/h2-11,16,19,27H,12-15H2,1H3. The van der Waals surface area contributed by atoms with Gasteiger partial charge in [0.15, 0.2) is 0 Å². The average Bonchev–Trinajstić information content (AvgIpc) is 3.24. The predicted octanol–water partition coefficient (Wildman–Crippen LogP) is 4.61. The molecule has 1 aliphatic heterocycles. The van der Waals surface area contributed by atoms with Gasteiger partial charge in [0.1, 0.15) is 16.5 Å². The fourth-order valence-corrected chi connectivity index (χ4v) is 6.50. The lowest BCUT2D eigenvalue weighted by Gasteiger charge is -2.33. The molecule has 3 heterocycles. The van der Waals surface area contributed by atoms with Crippen LogP contribution in [-0.4, -0.2) is 37.5 Å². The van der Waals surface area contributed by atoms with Gasteiger partial charge in [0.25, 0.3) is 0 Å². The van der Waals surface area contributed by atoms with Crippen LogP contribution in [0.3, 0.4) is 0 Å². The number of aryl methyl sites for hydroxylation is 1. The lowest BCUT2D eigenvalue weighted by molar-refractivity contribution is 0.459. The SMILES string of the molecule is Cc1nc(N2CCC(NS(=O)(=O)c3ccccc3)CC2)c2c(-c3ccccc3)csc2n1. The largest absolute Gasteiger partial charge is 0.356 e. The first kappa shape index (κ1) is 21.1. The Balaban J connectivity index is 1.39. The zero-order valence-corrected chi connectivity index (χ0v) is 19.4. The van der Waals surface area contributed by atoms with Crippen molar-refractivity contribution in [3.63, 3.8) is 0 Å². The molecular weight excluding hydrogens is 440 g/mol. The molecule has 4 aromatic rings. The highest BCUT2D eigenvalue weighted by molar-refractivity contribution is 7.89. The van der Waals surface area contributed by atoms with E-state index in [-0.39, 0.29) is 6.04 Å². The minimum Gasteiger partial charge on any atom is -0.356 e. The molecule has 1 fully saturated rings. The number of hydrogen-bond donors (Lipinski definition) is 1. The van der Waals surface area contributed by atoms with E-state index in [0.29, 0.717) is 4.90 Å². The fraction of sp³-hybridized carbons (Fsp3) is 0.250. The number of hydrogen-bond acceptors (Lipinski definition) is 6. The van der Waals surface area contributed by atoms with Gasteiger partial charge in [-0.1, -0.05) is 48.5 Å². The van der Waals surface area contributed by atoms with Gasteiger partial charge in [-0.3, -0.25) is 0 Å². The smallest absolute Gasteiger partial charge is 0.240 e. The molecule has 0 amide bonds. The van der Waals surface area contributed by atoms with Crippen LogP contribution < -0.4 is 9.62 Å². The van der Waals surface area contributed by atoms with Crippen LogP contribution in [-0.2, 0) is 10.0 Å². The van der Waals surface area contributed by atoms with Crippen LogP contribution in [0, 0.1) is 6.92 Å². The molecule has 1 N–H and O–H groups in total. The number of piperidine rings is 1. The van der Waals surface area contributed by atoms with Crippen LogP contribution in [0.15, 0.2) is 70.9 Å². The van der Waals surface area contributed by atoms with Crippen LogP contribution in [0.1, 0.15) is 18.7 Å². The Hall–Kier alpha value is -2.81. The Morgan fingerprint density at radius 3 is 2.31 bits per heavy atom. The Kier molecular flexibility index (Phi) is 5.67. The molecule has 0 aliphatic carbocycles. The molecule has 1 saturated heterocycles. The molecule has 1 aliphatic rings. The van der Waals surface area contributed by atoms with E-state index in [4.69, 9.17) is 4.98 Å². The number of benzene rings is 2. The van der Waals surface area contributed by atoms with Gasteiger partial charge in [0.05, 0.1) is 10.3 Å². The molecule has 5 rings (SSSR count). The molecule has 0 saturated carbocycles. The van der Waals surface area contributed by atoms with E-state index in [2.05, 4.69) is 32.1 Å². The predicted molar refractivity (Wildman–Crippen MR) is 130 cm³/mol. The van der Waals surface area contributed by atoms with E-state index in [1.54, 1.807) is 35.6 Å². The summed E-state index contributed by atoms with van der Waals surface area (Å²) < 4.78 is 28.3. The maximum absolute atomic E-state index is 12.7. The molecular formula is C24H24N4O2S2. The van der Waals surface area contributed by atoms with Crippen molar-refractivity contribution >= 4 is 37.4 Å². The normalized spacial score (nSPS) is 15.3. The first-order valence-corrected chi connectivity index (χ1v) is 13.0. The summed E-state index contributed by atoms with van der Waals surface area (Å²) in [5.41, 5.74) is 2.30. The van der Waals surface area contributed by atoms with E-state index in [9.17, 15) is 8.42 Å². The average molecular weight is 465 g/mol. The summed E-state index contributed by atoms with van der Waals surface area (Å²) in [7, 11) is -3.51. The molecule has 0 unspecified atom stereocenters. The highest BCUT2D eigenvalue weighted by Crippen LogP contribution is 2.39. The Bertz CT molecular complexity index is 1330. The highest BCUT2D eigenvalue weighted by Gasteiger charge is 2.27. The second-order valence-electron chi connectivity index (χ2n) is 7.99. The third-order valence-corrected chi connectivity index (χ3v) is 8.19.